The Morgan fingerprint density at radius 2 is 1.79 bits per heavy atom. The molecule has 6 heteroatoms. The maximum absolute atomic E-state index is 12.8. The van der Waals surface area contributed by atoms with E-state index in [2.05, 4.69) is 71.3 Å². The second-order valence-electron chi connectivity index (χ2n) is 16.2. The molecule has 9 unspecified atom stereocenters. The quantitative estimate of drug-likeness (QED) is 0.300. The summed E-state index contributed by atoms with van der Waals surface area (Å²) in [5.41, 5.74) is 5.93. The lowest BCUT2D eigenvalue weighted by Gasteiger charge is -2.65. The molecule has 4 N–H and O–H groups in total. The average molecular weight is 586 g/mol. The van der Waals surface area contributed by atoms with Crippen LogP contribution in [0.5, 0.6) is 0 Å². The summed E-state index contributed by atoms with van der Waals surface area (Å²) in [6, 6.07) is 4.50. The minimum Gasteiger partial charge on any atom is -0.388 e. The second kappa shape index (κ2) is 8.32. The molecule has 0 saturated heterocycles. The van der Waals surface area contributed by atoms with Crippen LogP contribution in [-0.2, 0) is 21.3 Å². The number of benzene rings is 1. The van der Waals surface area contributed by atoms with Gasteiger partial charge in [-0.3, -0.25) is 0 Å². The van der Waals surface area contributed by atoms with Gasteiger partial charge >= 0.3 is 0 Å². The number of hydrogen-bond acceptors (Lipinski definition) is 5. The number of nitrogens with one attached hydrogen (secondary N) is 1. The topological polar surface area (TPSA) is 94.9 Å². The van der Waals surface area contributed by atoms with Gasteiger partial charge in [0.25, 0.3) is 0 Å². The molecule has 2 fully saturated rings. The number of rotatable bonds is 1. The monoisotopic (exact) mass is 585 g/mol. The normalized spacial score (nSPS) is 43.5. The maximum atomic E-state index is 12.8. The van der Waals surface area contributed by atoms with E-state index in [9.17, 15) is 15.3 Å². The fourth-order valence-electron chi connectivity index (χ4n) is 11.0. The first kappa shape index (κ1) is 28.3. The summed E-state index contributed by atoms with van der Waals surface area (Å²) in [7, 11) is 0. The first-order valence-electron chi connectivity index (χ1n) is 16.3. The predicted molar refractivity (Wildman–Crippen MR) is 168 cm³/mol. The van der Waals surface area contributed by atoms with Gasteiger partial charge in [-0.25, -0.2) is 0 Å². The summed E-state index contributed by atoms with van der Waals surface area (Å²) in [5.74, 6) is 0.292. The fraction of sp³-hybridized carbons (Fsp3) is 0.622. The van der Waals surface area contributed by atoms with Crippen LogP contribution in [0.2, 0.25) is 0 Å². The van der Waals surface area contributed by atoms with Gasteiger partial charge < -0.3 is 29.8 Å². The molecule has 4 aliphatic carbocycles. The Kier molecular flexibility index (Phi) is 5.47. The van der Waals surface area contributed by atoms with Crippen molar-refractivity contribution in [3.63, 3.8) is 0 Å². The molecular weight excluding hydrogens is 538 g/mol. The maximum Gasteiger partial charge on any atom is 0.108 e. The van der Waals surface area contributed by atoms with Crippen LogP contribution in [0.1, 0.15) is 103 Å². The molecule has 6 aliphatic rings. The Labute approximate surface area is 254 Å². The number of fused-ring (bicyclic) bond motifs is 12. The smallest absolute Gasteiger partial charge is 0.108 e. The number of aromatic nitrogens is 1. The van der Waals surface area contributed by atoms with Crippen molar-refractivity contribution >= 4 is 16.5 Å². The van der Waals surface area contributed by atoms with Crippen molar-refractivity contribution in [3.8, 4) is 0 Å². The van der Waals surface area contributed by atoms with Crippen LogP contribution in [0.25, 0.3) is 16.5 Å². The number of aromatic amines is 1. The summed E-state index contributed by atoms with van der Waals surface area (Å²) < 4.78 is 12.8. The van der Waals surface area contributed by atoms with Gasteiger partial charge in [-0.05, 0) is 130 Å². The van der Waals surface area contributed by atoms with Gasteiger partial charge in [-0.1, -0.05) is 20.4 Å². The minimum atomic E-state index is -1.07. The standard InChI is InChI=1S/C37H47NO5/c1-18(2)31-27(39)16-25-28(42-31)10-11-35(7)36(8)19(9-12-37(25,35)41)13-23-21-14-22-20(15-26(21)38-32(23)36)24-17-33(3,4)43-34(5,6)29(24)30(22)40/h14-17,19,27-31,38-41H,1,9-13H2,2-8H3. The molecule has 1 aromatic carbocycles. The number of H-pyrrole nitrogens is 1. The summed E-state index contributed by atoms with van der Waals surface area (Å²) >= 11 is 0. The highest BCUT2D eigenvalue weighted by molar-refractivity contribution is 5.93. The van der Waals surface area contributed by atoms with E-state index in [1.807, 2.05) is 13.0 Å². The van der Waals surface area contributed by atoms with Crippen molar-refractivity contribution in [1.82, 2.24) is 4.98 Å². The van der Waals surface area contributed by atoms with Crippen LogP contribution in [0.3, 0.4) is 0 Å². The summed E-state index contributed by atoms with van der Waals surface area (Å²) in [6.45, 7) is 19.0. The lowest BCUT2D eigenvalue weighted by molar-refractivity contribution is -0.185. The van der Waals surface area contributed by atoms with E-state index in [-0.39, 0.29) is 17.4 Å². The van der Waals surface area contributed by atoms with Crippen molar-refractivity contribution in [2.75, 3.05) is 0 Å². The van der Waals surface area contributed by atoms with E-state index in [4.69, 9.17) is 9.47 Å². The highest BCUT2D eigenvalue weighted by Gasteiger charge is 2.70. The third kappa shape index (κ3) is 3.32. The molecule has 43 heavy (non-hydrogen) atoms. The average Bonchev–Trinajstić information content (AvgIpc) is 3.50. The summed E-state index contributed by atoms with van der Waals surface area (Å²) in [6.07, 6.45) is 6.20. The minimum absolute atomic E-state index is 0.106. The zero-order valence-electron chi connectivity index (χ0n) is 26.7. The Hall–Kier alpha value is -2.22. The van der Waals surface area contributed by atoms with Crippen molar-refractivity contribution in [1.29, 1.82) is 0 Å². The van der Waals surface area contributed by atoms with Crippen LogP contribution in [0.15, 0.2) is 42.0 Å². The molecule has 0 bridgehead atoms. The van der Waals surface area contributed by atoms with Gasteiger partial charge in [0, 0.05) is 33.3 Å². The van der Waals surface area contributed by atoms with Gasteiger partial charge in [0.1, 0.15) is 12.2 Å². The van der Waals surface area contributed by atoms with Gasteiger partial charge in [0.05, 0.1) is 29.0 Å². The second-order valence-corrected chi connectivity index (χ2v) is 16.2. The highest BCUT2D eigenvalue weighted by atomic mass is 16.5. The molecule has 3 heterocycles. The van der Waals surface area contributed by atoms with E-state index in [0.717, 1.165) is 53.5 Å². The predicted octanol–water partition coefficient (Wildman–Crippen LogP) is 6.19. The zero-order valence-corrected chi connectivity index (χ0v) is 26.7. The lowest BCUT2D eigenvalue weighted by atomic mass is 9.42. The van der Waals surface area contributed by atoms with E-state index < -0.39 is 40.5 Å². The third-order valence-corrected chi connectivity index (χ3v) is 13.0. The van der Waals surface area contributed by atoms with Crippen LogP contribution >= 0.6 is 0 Å². The highest BCUT2D eigenvalue weighted by Crippen LogP contribution is 2.69. The molecule has 2 saturated carbocycles. The molecule has 0 amide bonds. The van der Waals surface area contributed by atoms with Crippen molar-refractivity contribution in [2.45, 2.75) is 127 Å². The summed E-state index contributed by atoms with van der Waals surface area (Å²) in [4.78, 5) is 3.91. The van der Waals surface area contributed by atoms with Gasteiger partial charge in [-0.15, -0.1) is 0 Å². The molecular formula is C37H47NO5. The molecule has 6 nitrogen and oxygen atoms in total. The number of hydrogen-bond donors (Lipinski definition) is 4. The molecule has 8 rings (SSSR count). The molecule has 0 radical (unpaired) electrons. The molecule has 230 valence electrons. The molecule has 2 aliphatic heterocycles. The number of ether oxygens (including phenoxy) is 2. The molecule has 1 aromatic heterocycles. The van der Waals surface area contributed by atoms with Gasteiger partial charge in [0.15, 0.2) is 0 Å². The first-order valence-corrected chi connectivity index (χ1v) is 16.3. The van der Waals surface area contributed by atoms with Crippen LogP contribution < -0.4 is 0 Å². The SMILES string of the molecule is C=C(C)C1OC2CCC3(C)C(O)(CCC4Cc5c([nH]c6cc7c(cc56)C(O)C5C7=CC(C)(C)OC5(C)C)C43C)C2=CC1O. The van der Waals surface area contributed by atoms with Crippen LogP contribution in [0.4, 0.5) is 0 Å². The Morgan fingerprint density at radius 3 is 2.51 bits per heavy atom. The van der Waals surface area contributed by atoms with Crippen molar-refractivity contribution in [3.05, 3.63) is 64.4 Å². The molecule has 2 aromatic rings. The number of aliphatic hydroxyl groups is 3. The van der Waals surface area contributed by atoms with Crippen molar-refractivity contribution in [2.24, 2.45) is 17.3 Å². The van der Waals surface area contributed by atoms with E-state index in [1.54, 1.807) is 0 Å². The zero-order chi connectivity index (χ0) is 30.6. The Bertz CT molecular complexity index is 1660. The Morgan fingerprint density at radius 1 is 1.05 bits per heavy atom. The van der Waals surface area contributed by atoms with Gasteiger partial charge in [0.2, 0.25) is 0 Å². The van der Waals surface area contributed by atoms with E-state index in [1.165, 1.54) is 22.2 Å². The van der Waals surface area contributed by atoms with Crippen LogP contribution in [0, 0.1) is 17.3 Å². The molecule has 9 atom stereocenters. The lowest BCUT2D eigenvalue weighted by Crippen LogP contribution is -2.67. The first-order chi connectivity index (χ1) is 20.0. The molecule has 0 spiro atoms. The van der Waals surface area contributed by atoms with E-state index >= 15 is 0 Å². The summed E-state index contributed by atoms with van der Waals surface area (Å²) in [5, 5.41) is 36.6. The van der Waals surface area contributed by atoms with E-state index in [0.29, 0.717) is 12.3 Å². The Balaban J connectivity index is 1.26. The fourth-order valence-corrected chi connectivity index (χ4v) is 11.0. The largest absolute Gasteiger partial charge is 0.388 e. The number of aliphatic hydroxyl groups excluding tert-OH is 2. The van der Waals surface area contributed by atoms with Gasteiger partial charge in [-0.2, -0.15) is 0 Å². The van der Waals surface area contributed by atoms with Crippen molar-refractivity contribution < 1.29 is 24.8 Å². The van der Waals surface area contributed by atoms with Crippen LogP contribution in [-0.4, -0.2) is 55.4 Å². The third-order valence-electron chi connectivity index (χ3n) is 13.0.